The smallest absolute Gasteiger partial charge is 0.261 e. The number of ether oxygens (including phenoxy) is 1. The van der Waals surface area contributed by atoms with Crippen molar-refractivity contribution < 1.29 is 14.3 Å². The number of nitrogens with zero attached hydrogens (tertiary/aromatic N) is 1. The lowest BCUT2D eigenvalue weighted by atomic mass is 9.98. The van der Waals surface area contributed by atoms with Crippen LogP contribution in [0.3, 0.4) is 0 Å². The molecule has 1 aliphatic rings. The fraction of sp³-hybridized carbons (Fsp3) is 0.276. The molecule has 0 aromatic heterocycles. The van der Waals surface area contributed by atoms with Gasteiger partial charge in [-0.3, -0.25) is 14.9 Å². The maximum Gasteiger partial charge on any atom is 0.261 e. The number of anilines is 1. The van der Waals surface area contributed by atoms with Crippen molar-refractivity contribution in [2.45, 2.75) is 26.2 Å². The normalized spacial score (nSPS) is 13.6. The summed E-state index contributed by atoms with van der Waals surface area (Å²) >= 11 is 5.42. The third-order valence-electron chi connectivity index (χ3n) is 6.33. The lowest BCUT2D eigenvalue weighted by molar-refractivity contribution is 0.0698. The molecule has 0 aliphatic carbocycles. The molecule has 3 aromatic rings. The van der Waals surface area contributed by atoms with Crippen molar-refractivity contribution in [1.29, 1.82) is 0 Å². The Morgan fingerprint density at radius 1 is 0.917 bits per heavy atom. The SMILES string of the molecule is CC1CCN(C(=O)c2ccccc2NC(=S)NC(=O)c2ccccc2OCCc2ccccc2)CC1. The first-order valence-electron chi connectivity index (χ1n) is 12.3. The number of benzene rings is 3. The summed E-state index contributed by atoms with van der Waals surface area (Å²) in [5, 5.41) is 5.87. The quantitative estimate of drug-likeness (QED) is 0.430. The van der Waals surface area contributed by atoms with E-state index < -0.39 is 0 Å². The van der Waals surface area contributed by atoms with Crippen LogP contribution in [0.4, 0.5) is 5.69 Å². The van der Waals surface area contributed by atoms with E-state index in [1.165, 1.54) is 0 Å². The monoisotopic (exact) mass is 501 g/mol. The van der Waals surface area contributed by atoms with Gasteiger partial charge in [0.1, 0.15) is 5.75 Å². The van der Waals surface area contributed by atoms with E-state index in [2.05, 4.69) is 17.6 Å². The van der Waals surface area contributed by atoms with Crippen LogP contribution in [0.1, 0.15) is 46.0 Å². The summed E-state index contributed by atoms with van der Waals surface area (Å²) in [4.78, 5) is 28.0. The highest BCUT2D eigenvalue weighted by Crippen LogP contribution is 2.23. The Morgan fingerprint density at radius 2 is 1.56 bits per heavy atom. The van der Waals surface area contributed by atoms with E-state index in [1.807, 2.05) is 53.4 Å². The molecule has 3 aromatic carbocycles. The first kappa shape index (κ1) is 25.4. The number of amides is 2. The molecule has 0 bridgehead atoms. The zero-order valence-electron chi connectivity index (χ0n) is 20.4. The number of para-hydroxylation sites is 2. The molecule has 36 heavy (non-hydrogen) atoms. The van der Waals surface area contributed by atoms with Gasteiger partial charge in [0.25, 0.3) is 11.8 Å². The van der Waals surface area contributed by atoms with Gasteiger partial charge >= 0.3 is 0 Å². The summed E-state index contributed by atoms with van der Waals surface area (Å²) in [5.41, 5.74) is 2.66. The molecule has 0 saturated carbocycles. The minimum atomic E-state index is -0.378. The number of carbonyl (C=O) groups excluding carboxylic acids is 2. The van der Waals surface area contributed by atoms with Crippen molar-refractivity contribution in [3.63, 3.8) is 0 Å². The summed E-state index contributed by atoms with van der Waals surface area (Å²) in [6.07, 6.45) is 2.74. The van der Waals surface area contributed by atoms with E-state index in [9.17, 15) is 9.59 Å². The van der Waals surface area contributed by atoms with Crippen LogP contribution in [0.15, 0.2) is 78.9 Å². The van der Waals surface area contributed by atoms with Crippen LogP contribution < -0.4 is 15.4 Å². The maximum atomic E-state index is 13.1. The second-order valence-electron chi connectivity index (χ2n) is 9.01. The lowest BCUT2D eigenvalue weighted by Gasteiger charge is -2.31. The van der Waals surface area contributed by atoms with Crippen LogP contribution in [-0.4, -0.2) is 41.5 Å². The van der Waals surface area contributed by atoms with E-state index in [4.69, 9.17) is 17.0 Å². The van der Waals surface area contributed by atoms with Crippen LogP contribution in [-0.2, 0) is 6.42 Å². The molecule has 4 rings (SSSR count). The van der Waals surface area contributed by atoms with Gasteiger partial charge in [-0.2, -0.15) is 0 Å². The number of nitrogens with one attached hydrogen (secondary N) is 2. The standard InChI is InChI=1S/C29H31N3O3S/c1-21-15-18-32(19-16-21)28(34)23-11-5-7-13-25(23)30-29(36)31-27(33)24-12-6-8-14-26(24)35-20-17-22-9-3-2-4-10-22/h2-14,21H,15-20H2,1H3,(H2,30,31,33,36). The third kappa shape index (κ3) is 6.70. The van der Waals surface area contributed by atoms with E-state index in [1.54, 1.807) is 30.3 Å². The average molecular weight is 502 g/mol. The van der Waals surface area contributed by atoms with Crippen molar-refractivity contribution in [3.05, 3.63) is 95.6 Å². The first-order valence-corrected chi connectivity index (χ1v) is 12.7. The molecule has 0 atom stereocenters. The van der Waals surface area contributed by atoms with Gasteiger partial charge in [0, 0.05) is 19.5 Å². The van der Waals surface area contributed by atoms with Crippen molar-refractivity contribution >= 4 is 34.8 Å². The molecule has 2 N–H and O–H groups in total. The molecule has 186 valence electrons. The number of carbonyl (C=O) groups is 2. The zero-order valence-corrected chi connectivity index (χ0v) is 21.2. The molecule has 1 fully saturated rings. The molecule has 0 radical (unpaired) electrons. The number of thiocarbonyl (C=S) groups is 1. The maximum absolute atomic E-state index is 13.1. The molecule has 1 aliphatic heterocycles. The highest BCUT2D eigenvalue weighted by Gasteiger charge is 2.23. The van der Waals surface area contributed by atoms with Crippen LogP contribution in [0.5, 0.6) is 5.75 Å². The largest absolute Gasteiger partial charge is 0.492 e. The molecule has 6 nitrogen and oxygen atoms in total. The lowest BCUT2D eigenvalue weighted by Crippen LogP contribution is -2.39. The Balaban J connectivity index is 1.37. The van der Waals surface area contributed by atoms with Crippen molar-refractivity contribution in [1.82, 2.24) is 10.2 Å². The summed E-state index contributed by atoms with van der Waals surface area (Å²) in [6.45, 7) is 4.15. The minimum Gasteiger partial charge on any atom is -0.492 e. The predicted molar refractivity (Wildman–Crippen MR) is 147 cm³/mol. The van der Waals surface area contributed by atoms with Crippen molar-refractivity contribution in [2.24, 2.45) is 5.92 Å². The number of rotatable bonds is 7. The van der Waals surface area contributed by atoms with Crippen LogP contribution in [0, 0.1) is 5.92 Å². The summed E-state index contributed by atoms with van der Waals surface area (Å²) in [6, 6.07) is 24.3. The molecular formula is C29H31N3O3S. The van der Waals surface area contributed by atoms with Gasteiger partial charge in [-0.15, -0.1) is 0 Å². The van der Waals surface area contributed by atoms with Gasteiger partial charge in [0.15, 0.2) is 5.11 Å². The molecule has 0 unspecified atom stereocenters. The topological polar surface area (TPSA) is 70.7 Å². The number of hydrogen-bond donors (Lipinski definition) is 2. The van der Waals surface area contributed by atoms with Gasteiger partial charge in [0.2, 0.25) is 0 Å². The molecule has 0 spiro atoms. The number of likely N-dealkylation sites (tertiary alicyclic amines) is 1. The van der Waals surface area contributed by atoms with Gasteiger partial charge in [-0.1, -0.05) is 61.5 Å². The van der Waals surface area contributed by atoms with E-state index >= 15 is 0 Å². The Hall–Kier alpha value is -3.71. The highest BCUT2D eigenvalue weighted by atomic mass is 32.1. The fourth-order valence-corrected chi connectivity index (χ4v) is 4.39. The van der Waals surface area contributed by atoms with Gasteiger partial charge in [0.05, 0.1) is 23.4 Å². The Labute approximate surface area is 217 Å². The van der Waals surface area contributed by atoms with Gasteiger partial charge < -0.3 is 15.0 Å². The highest BCUT2D eigenvalue weighted by molar-refractivity contribution is 7.80. The molecule has 1 saturated heterocycles. The van der Waals surface area contributed by atoms with Crippen LogP contribution in [0.25, 0.3) is 0 Å². The summed E-state index contributed by atoms with van der Waals surface area (Å²) in [7, 11) is 0. The van der Waals surface area contributed by atoms with Crippen molar-refractivity contribution in [2.75, 3.05) is 25.0 Å². The summed E-state index contributed by atoms with van der Waals surface area (Å²) in [5.74, 6) is 0.715. The minimum absolute atomic E-state index is 0.0312. The molecular weight excluding hydrogens is 470 g/mol. The second-order valence-corrected chi connectivity index (χ2v) is 9.42. The van der Waals surface area contributed by atoms with E-state index in [-0.39, 0.29) is 16.9 Å². The van der Waals surface area contributed by atoms with E-state index in [0.717, 1.165) is 37.9 Å². The Bertz CT molecular complexity index is 1210. The third-order valence-corrected chi connectivity index (χ3v) is 6.53. The van der Waals surface area contributed by atoms with E-state index in [0.29, 0.717) is 35.1 Å². The Morgan fingerprint density at radius 3 is 2.31 bits per heavy atom. The second kappa shape index (κ2) is 12.3. The average Bonchev–Trinajstić information content (AvgIpc) is 2.90. The number of hydrogen-bond acceptors (Lipinski definition) is 4. The molecule has 7 heteroatoms. The Kier molecular flexibility index (Phi) is 8.68. The summed E-state index contributed by atoms with van der Waals surface area (Å²) < 4.78 is 5.91. The fourth-order valence-electron chi connectivity index (χ4n) is 4.19. The molecule has 1 heterocycles. The predicted octanol–water partition coefficient (Wildman–Crippen LogP) is 5.31. The van der Waals surface area contributed by atoms with Crippen LogP contribution >= 0.6 is 12.2 Å². The molecule has 2 amide bonds. The van der Waals surface area contributed by atoms with Gasteiger partial charge in [-0.25, -0.2) is 0 Å². The van der Waals surface area contributed by atoms with Crippen molar-refractivity contribution in [3.8, 4) is 5.75 Å². The first-order chi connectivity index (χ1) is 17.5. The van der Waals surface area contributed by atoms with Gasteiger partial charge in [-0.05, 0) is 60.8 Å². The number of piperidine rings is 1. The van der Waals surface area contributed by atoms with Crippen LogP contribution in [0.2, 0.25) is 0 Å². The zero-order chi connectivity index (χ0) is 25.3.